The molecule has 0 saturated heterocycles. The van der Waals surface area contributed by atoms with Crippen LogP contribution < -0.4 is 9.47 Å². The topological polar surface area (TPSA) is 55.8 Å². The van der Waals surface area contributed by atoms with Crippen molar-refractivity contribution in [1.82, 2.24) is 0 Å². The summed E-state index contributed by atoms with van der Waals surface area (Å²) in [6, 6.07) is 17.7. The van der Waals surface area contributed by atoms with Gasteiger partial charge in [-0.05, 0) is 53.6 Å². The van der Waals surface area contributed by atoms with Crippen LogP contribution in [-0.4, -0.2) is 10.9 Å². The third-order valence-corrected chi connectivity index (χ3v) is 4.15. The zero-order valence-corrected chi connectivity index (χ0v) is 14.2. The molecule has 27 heavy (non-hydrogen) atoms. The number of phenolic OH excluding ortho intramolecular Hbond substituents is 1. The fraction of sp³-hybridized carbons (Fsp3) is 0.0455. The molecule has 3 aromatic rings. The highest BCUT2D eigenvalue weighted by atomic mass is 19.1. The zero-order chi connectivity index (χ0) is 18.8. The number of carbonyl (C=O) groups excluding carboxylic acids is 1. The van der Waals surface area contributed by atoms with E-state index in [-0.39, 0.29) is 23.1 Å². The van der Waals surface area contributed by atoms with Crippen molar-refractivity contribution in [3.05, 3.63) is 95.0 Å². The van der Waals surface area contributed by atoms with E-state index in [4.69, 9.17) is 9.47 Å². The summed E-state index contributed by atoms with van der Waals surface area (Å²) in [7, 11) is 0. The average molecular weight is 362 g/mol. The molecular weight excluding hydrogens is 347 g/mol. The molecule has 1 N–H and O–H groups in total. The second kappa shape index (κ2) is 6.96. The maximum Gasteiger partial charge on any atom is 0.231 e. The Morgan fingerprint density at radius 2 is 1.74 bits per heavy atom. The number of Topliss-reactive ketones (excluding diaryl/α,β-unsaturated/α-hetero) is 1. The standard InChI is InChI=1S/C22H15FO4/c23-16-5-1-15(2-6-16)13-26-18-8-3-14(4-9-18)11-21-22(25)19-10-7-17(24)12-20(19)27-21/h1-12,24H,13H2/b21-11-. The van der Waals surface area contributed by atoms with Gasteiger partial charge in [0.15, 0.2) is 5.76 Å². The van der Waals surface area contributed by atoms with E-state index in [0.717, 1.165) is 11.1 Å². The van der Waals surface area contributed by atoms with Gasteiger partial charge in [-0.1, -0.05) is 24.3 Å². The lowest BCUT2D eigenvalue weighted by Crippen LogP contribution is -1.98. The van der Waals surface area contributed by atoms with E-state index in [1.54, 1.807) is 36.4 Å². The van der Waals surface area contributed by atoms with Crippen molar-refractivity contribution in [3.8, 4) is 17.2 Å². The molecule has 5 heteroatoms. The van der Waals surface area contributed by atoms with Crippen molar-refractivity contribution in [2.24, 2.45) is 0 Å². The van der Waals surface area contributed by atoms with Crippen LogP contribution in [0.5, 0.6) is 17.2 Å². The largest absolute Gasteiger partial charge is 0.508 e. The fourth-order valence-electron chi connectivity index (χ4n) is 2.73. The number of ketones is 1. The number of ether oxygens (including phenoxy) is 2. The van der Waals surface area contributed by atoms with Gasteiger partial charge in [0.25, 0.3) is 0 Å². The van der Waals surface area contributed by atoms with Gasteiger partial charge < -0.3 is 14.6 Å². The van der Waals surface area contributed by atoms with Gasteiger partial charge in [0.05, 0.1) is 5.56 Å². The Hall–Kier alpha value is -3.60. The molecule has 1 heterocycles. The third kappa shape index (κ3) is 3.67. The van der Waals surface area contributed by atoms with Crippen LogP contribution in [0.4, 0.5) is 4.39 Å². The van der Waals surface area contributed by atoms with Crippen LogP contribution in [-0.2, 0) is 6.61 Å². The number of halogens is 1. The number of phenols is 1. The molecule has 0 spiro atoms. The van der Waals surface area contributed by atoms with Crippen molar-refractivity contribution < 1.29 is 23.8 Å². The number of fused-ring (bicyclic) bond motifs is 1. The fourth-order valence-corrected chi connectivity index (χ4v) is 2.73. The summed E-state index contributed by atoms with van der Waals surface area (Å²) in [5.41, 5.74) is 2.08. The molecule has 0 atom stereocenters. The van der Waals surface area contributed by atoms with Crippen LogP contribution >= 0.6 is 0 Å². The monoisotopic (exact) mass is 362 g/mol. The van der Waals surface area contributed by atoms with Crippen LogP contribution in [0, 0.1) is 5.82 Å². The molecular formula is C22H15FO4. The summed E-state index contributed by atoms with van der Waals surface area (Å²) in [4.78, 5) is 12.3. The Labute approximate surface area is 155 Å². The molecule has 4 rings (SSSR count). The maximum atomic E-state index is 12.9. The molecule has 0 fully saturated rings. The van der Waals surface area contributed by atoms with E-state index in [0.29, 0.717) is 23.7 Å². The second-order valence-corrected chi connectivity index (χ2v) is 6.10. The van der Waals surface area contributed by atoms with E-state index in [1.165, 1.54) is 24.3 Å². The molecule has 4 nitrogen and oxygen atoms in total. The molecule has 0 radical (unpaired) electrons. The molecule has 0 aliphatic carbocycles. The molecule has 134 valence electrons. The Balaban J connectivity index is 1.44. The smallest absolute Gasteiger partial charge is 0.231 e. The highest BCUT2D eigenvalue weighted by Crippen LogP contribution is 2.34. The van der Waals surface area contributed by atoms with Gasteiger partial charge in [-0.15, -0.1) is 0 Å². The molecule has 1 aliphatic rings. The first-order chi connectivity index (χ1) is 13.1. The van der Waals surface area contributed by atoms with Gasteiger partial charge in [0, 0.05) is 6.07 Å². The second-order valence-electron chi connectivity index (χ2n) is 6.10. The number of benzene rings is 3. The highest BCUT2D eigenvalue weighted by molar-refractivity contribution is 6.14. The molecule has 0 saturated carbocycles. The molecule has 0 amide bonds. The van der Waals surface area contributed by atoms with Crippen LogP contribution in [0.1, 0.15) is 21.5 Å². The minimum absolute atomic E-state index is 0.0467. The van der Waals surface area contributed by atoms with Gasteiger partial charge in [0.2, 0.25) is 5.78 Å². The van der Waals surface area contributed by atoms with Crippen LogP contribution in [0.2, 0.25) is 0 Å². The minimum atomic E-state index is -0.280. The first-order valence-corrected chi connectivity index (χ1v) is 8.33. The van der Waals surface area contributed by atoms with Crippen LogP contribution in [0.3, 0.4) is 0 Å². The van der Waals surface area contributed by atoms with Crippen molar-refractivity contribution in [1.29, 1.82) is 0 Å². The van der Waals surface area contributed by atoms with E-state index in [2.05, 4.69) is 0 Å². The lowest BCUT2D eigenvalue weighted by Gasteiger charge is -2.06. The quantitative estimate of drug-likeness (QED) is 0.682. The summed E-state index contributed by atoms with van der Waals surface area (Å²) in [6.07, 6.45) is 1.64. The Kier molecular flexibility index (Phi) is 4.34. The van der Waals surface area contributed by atoms with Crippen LogP contribution in [0.25, 0.3) is 6.08 Å². The number of aromatic hydroxyl groups is 1. The zero-order valence-electron chi connectivity index (χ0n) is 14.2. The Morgan fingerprint density at radius 3 is 2.48 bits per heavy atom. The lowest BCUT2D eigenvalue weighted by molar-refractivity contribution is 0.101. The number of carbonyl (C=O) groups is 1. The Morgan fingerprint density at radius 1 is 1.00 bits per heavy atom. The number of allylic oxidation sites excluding steroid dienone is 1. The normalized spacial score (nSPS) is 14.1. The van der Waals surface area contributed by atoms with E-state index in [9.17, 15) is 14.3 Å². The number of hydrogen-bond donors (Lipinski definition) is 1. The highest BCUT2D eigenvalue weighted by Gasteiger charge is 2.27. The van der Waals surface area contributed by atoms with Gasteiger partial charge in [0.1, 0.15) is 29.7 Å². The summed E-state index contributed by atoms with van der Waals surface area (Å²) < 4.78 is 24.1. The van der Waals surface area contributed by atoms with E-state index >= 15 is 0 Å². The number of rotatable bonds is 4. The predicted molar refractivity (Wildman–Crippen MR) is 98.2 cm³/mol. The third-order valence-electron chi connectivity index (χ3n) is 4.15. The SMILES string of the molecule is O=C1/C(=C/c2ccc(OCc3ccc(F)cc3)cc2)Oc2cc(O)ccc21. The summed E-state index contributed by atoms with van der Waals surface area (Å²) in [5, 5.41) is 9.49. The predicted octanol–water partition coefficient (Wildman–Crippen LogP) is 4.73. The van der Waals surface area contributed by atoms with Gasteiger partial charge in [-0.3, -0.25) is 4.79 Å². The van der Waals surface area contributed by atoms with Gasteiger partial charge in [-0.2, -0.15) is 0 Å². The van der Waals surface area contributed by atoms with Crippen molar-refractivity contribution >= 4 is 11.9 Å². The Bertz CT molecular complexity index is 1020. The van der Waals surface area contributed by atoms with Gasteiger partial charge in [-0.25, -0.2) is 4.39 Å². The first-order valence-electron chi connectivity index (χ1n) is 8.33. The number of hydrogen-bond acceptors (Lipinski definition) is 4. The average Bonchev–Trinajstić information content (AvgIpc) is 2.97. The lowest BCUT2D eigenvalue weighted by atomic mass is 10.1. The summed E-state index contributed by atoms with van der Waals surface area (Å²) >= 11 is 0. The van der Waals surface area contributed by atoms with Gasteiger partial charge >= 0.3 is 0 Å². The molecule has 0 unspecified atom stereocenters. The first kappa shape index (κ1) is 16.8. The van der Waals surface area contributed by atoms with Crippen molar-refractivity contribution in [2.75, 3.05) is 0 Å². The summed E-state index contributed by atoms with van der Waals surface area (Å²) in [6.45, 7) is 0.334. The minimum Gasteiger partial charge on any atom is -0.508 e. The molecule has 3 aromatic carbocycles. The molecule has 1 aliphatic heterocycles. The van der Waals surface area contributed by atoms with Crippen molar-refractivity contribution in [2.45, 2.75) is 6.61 Å². The maximum absolute atomic E-state index is 12.9. The van der Waals surface area contributed by atoms with E-state index in [1.807, 2.05) is 12.1 Å². The van der Waals surface area contributed by atoms with E-state index < -0.39 is 0 Å². The molecule has 0 aromatic heterocycles. The molecule has 0 bridgehead atoms. The van der Waals surface area contributed by atoms with Crippen LogP contribution in [0.15, 0.2) is 72.5 Å². The summed E-state index contributed by atoms with van der Waals surface area (Å²) in [5.74, 6) is 0.763. The van der Waals surface area contributed by atoms with Crippen molar-refractivity contribution in [3.63, 3.8) is 0 Å².